The number of halogens is 2. The van der Waals surface area contributed by atoms with Crippen LogP contribution in [0, 0.1) is 0 Å². The van der Waals surface area contributed by atoms with Crippen LogP contribution in [0.2, 0.25) is 10.0 Å². The van der Waals surface area contributed by atoms with Crippen LogP contribution in [0.15, 0.2) is 53.3 Å². The topological polar surface area (TPSA) is 42.6 Å². The van der Waals surface area contributed by atoms with E-state index in [0.717, 1.165) is 49.0 Å². The number of methoxy groups -OCH3 is 1. The molecule has 158 valence electrons. The standard InChI is InChI=1S/C22H24Cl2N4O2/c1-25-19(21(24)22(29)28(25)17-6-4-3-5-7-17)15-26-10-12-27(13-11-26)18-9-8-16(23)14-20(18)30-2/h3-9,14H,10-13,15H2,1-2H3. The minimum atomic E-state index is -0.190. The third-order valence-electron chi connectivity index (χ3n) is 5.55. The number of aromatic nitrogens is 2. The zero-order valence-electron chi connectivity index (χ0n) is 17.0. The number of hydrogen-bond donors (Lipinski definition) is 0. The summed E-state index contributed by atoms with van der Waals surface area (Å²) in [5.74, 6) is 0.779. The molecule has 1 fully saturated rings. The predicted molar refractivity (Wildman–Crippen MR) is 122 cm³/mol. The third kappa shape index (κ3) is 3.95. The van der Waals surface area contributed by atoms with E-state index in [1.54, 1.807) is 11.8 Å². The van der Waals surface area contributed by atoms with Gasteiger partial charge in [0.05, 0.1) is 24.2 Å². The number of nitrogens with zero attached hydrogens (tertiary/aromatic N) is 4. The van der Waals surface area contributed by atoms with Crippen LogP contribution in [0.5, 0.6) is 5.75 Å². The van der Waals surface area contributed by atoms with E-state index in [1.807, 2.05) is 60.3 Å². The third-order valence-corrected chi connectivity index (χ3v) is 6.17. The average Bonchev–Trinajstić information content (AvgIpc) is 2.98. The molecule has 2 aromatic carbocycles. The Hall–Kier alpha value is -2.41. The summed E-state index contributed by atoms with van der Waals surface area (Å²) in [5, 5.41) is 0.941. The van der Waals surface area contributed by atoms with Gasteiger partial charge in [0.2, 0.25) is 0 Å². The van der Waals surface area contributed by atoms with Crippen LogP contribution in [0.1, 0.15) is 5.69 Å². The molecule has 0 radical (unpaired) electrons. The van der Waals surface area contributed by atoms with Gasteiger partial charge in [0.1, 0.15) is 10.8 Å². The van der Waals surface area contributed by atoms with Crippen LogP contribution in [0.25, 0.3) is 5.69 Å². The molecule has 1 aliphatic rings. The number of ether oxygens (including phenoxy) is 1. The van der Waals surface area contributed by atoms with Crippen molar-refractivity contribution in [1.29, 1.82) is 0 Å². The summed E-state index contributed by atoms with van der Waals surface area (Å²) >= 11 is 12.5. The molecule has 0 spiro atoms. The lowest BCUT2D eigenvalue weighted by Crippen LogP contribution is -2.46. The fraction of sp³-hybridized carbons (Fsp3) is 0.318. The van der Waals surface area contributed by atoms with E-state index in [2.05, 4.69) is 9.80 Å². The van der Waals surface area contributed by atoms with E-state index in [1.165, 1.54) is 0 Å². The van der Waals surface area contributed by atoms with Crippen molar-refractivity contribution in [2.24, 2.45) is 7.05 Å². The van der Waals surface area contributed by atoms with Crippen molar-refractivity contribution in [3.05, 3.63) is 74.6 Å². The Labute approximate surface area is 185 Å². The number of benzene rings is 2. The molecule has 30 heavy (non-hydrogen) atoms. The van der Waals surface area contributed by atoms with Gasteiger partial charge in [-0.15, -0.1) is 0 Å². The first-order chi connectivity index (χ1) is 14.5. The summed E-state index contributed by atoms with van der Waals surface area (Å²) in [6, 6.07) is 15.3. The maximum atomic E-state index is 12.7. The van der Waals surface area contributed by atoms with Gasteiger partial charge >= 0.3 is 0 Å². The molecule has 0 aliphatic carbocycles. The molecule has 6 nitrogen and oxygen atoms in total. The lowest BCUT2D eigenvalue weighted by molar-refractivity contribution is 0.242. The summed E-state index contributed by atoms with van der Waals surface area (Å²) in [6.45, 7) is 4.03. The summed E-state index contributed by atoms with van der Waals surface area (Å²) < 4.78 is 8.97. The zero-order valence-corrected chi connectivity index (χ0v) is 18.5. The molecule has 0 N–H and O–H groups in total. The van der Waals surface area contributed by atoms with Crippen LogP contribution in [-0.2, 0) is 13.6 Å². The molecule has 3 aromatic rings. The van der Waals surface area contributed by atoms with Crippen molar-refractivity contribution < 1.29 is 4.74 Å². The fourth-order valence-electron chi connectivity index (χ4n) is 3.92. The monoisotopic (exact) mass is 446 g/mol. The molecular weight excluding hydrogens is 423 g/mol. The highest BCUT2D eigenvalue weighted by Gasteiger charge is 2.24. The van der Waals surface area contributed by atoms with Gasteiger partial charge in [0.15, 0.2) is 0 Å². The number of anilines is 1. The first-order valence-electron chi connectivity index (χ1n) is 9.82. The lowest BCUT2D eigenvalue weighted by Gasteiger charge is -2.36. The SMILES string of the molecule is COc1cc(Cl)ccc1N1CCN(Cc2c(Cl)c(=O)n(-c3ccccc3)n2C)CC1. The maximum Gasteiger partial charge on any atom is 0.290 e. The fourth-order valence-corrected chi connectivity index (χ4v) is 4.34. The van der Waals surface area contributed by atoms with Gasteiger partial charge in [-0.25, -0.2) is 4.68 Å². The molecule has 8 heteroatoms. The van der Waals surface area contributed by atoms with Crippen molar-refractivity contribution in [3.8, 4) is 11.4 Å². The Balaban J connectivity index is 1.49. The highest BCUT2D eigenvalue weighted by atomic mass is 35.5. The predicted octanol–water partition coefficient (Wildman–Crippen LogP) is 3.81. The number of piperazine rings is 1. The van der Waals surface area contributed by atoms with Crippen molar-refractivity contribution >= 4 is 28.9 Å². The highest BCUT2D eigenvalue weighted by molar-refractivity contribution is 6.31. The molecule has 1 aromatic heterocycles. The van der Waals surface area contributed by atoms with Crippen LogP contribution >= 0.6 is 23.2 Å². The Bertz CT molecular complexity index is 1090. The summed E-state index contributed by atoms with van der Waals surface area (Å²) in [5.41, 5.74) is 2.48. The van der Waals surface area contributed by atoms with Crippen molar-refractivity contribution in [2.45, 2.75) is 6.54 Å². The Morgan fingerprint density at radius 1 is 1.00 bits per heavy atom. The van der Waals surface area contributed by atoms with Crippen LogP contribution < -0.4 is 15.2 Å². The van der Waals surface area contributed by atoms with Crippen LogP contribution in [0.4, 0.5) is 5.69 Å². The summed E-state index contributed by atoms with van der Waals surface area (Å²) in [7, 11) is 3.54. The van der Waals surface area contributed by atoms with Gasteiger partial charge in [0.25, 0.3) is 5.56 Å². The summed E-state index contributed by atoms with van der Waals surface area (Å²) in [6.07, 6.45) is 0. The van der Waals surface area contributed by atoms with E-state index in [0.29, 0.717) is 11.6 Å². The van der Waals surface area contributed by atoms with Gasteiger partial charge in [-0.3, -0.25) is 14.4 Å². The lowest BCUT2D eigenvalue weighted by atomic mass is 10.2. The van der Waals surface area contributed by atoms with Crippen molar-refractivity contribution in [3.63, 3.8) is 0 Å². The quantitative estimate of drug-likeness (QED) is 0.597. The molecule has 4 rings (SSSR count). The molecule has 0 unspecified atom stereocenters. The first-order valence-corrected chi connectivity index (χ1v) is 10.6. The smallest absolute Gasteiger partial charge is 0.290 e. The minimum Gasteiger partial charge on any atom is -0.495 e. The van der Waals surface area contributed by atoms with Gasteiger partial charge in [0, 0.05) is 50.9 Å². The Kier molecular flexibility index (Phi) is 6.09. The molecule has 1 saturated heterocycles. The van der Waals surface area contributed by atoms with E-state index in [9.17, 15) is 4.79 Å². The van der Waals surface area contributed by atoms with E-state index in [4.69, 9.17) is 27.9 Å². The van der Waals surface area contributed by atoms with Gasteiger partial charge in [-0.1, -0.05) is 41.4 Å². The molecule has 2 heterocycles. The van der Waals surface area contributed by atoms with E-state index in [-0.39, 0.29) is 10.6 Å². The van der Waals surface area contributed by atoms with E-state index < -0.39 is 0 Å². The number of para-hydroxylation sites is 1. The first kappa shape index (κ1) is 20.8. The highest BCUT2D eigenvalue weighted by Crippen LogP contribution is 2.32. The van der Waals surface area contributed by atoms with Crippen LogP contribution in [-0.4, -0.2) is 47.6 Å². The molecular formula is C22H24Cl2N4O2. The molecule has 0 bridgehead atoms. The Morgan fingerprint density at radius 2 is 1.70 bits per heavy atom. The largest absolute Gasteiger partial charge is 0.495 e. The molecule has 0 saturated carbocycles. The Morgan fingerprint density at radius 3 is 2.37 bits per heavy atom. The molecule has 1 aliphatic heterocycles. The van der Waals surface area contributed by atoms with Gasteiger partial charge < -0.3 is 9.64 Å². The van der Waals surface area contributed by atoms with Gasteiger partial charge in [-0.2, -0.15) is 0 Å². The normalized spacial score (nSPS) is 14.9. The molecule has 0 atom stereocenters. The average molecular weight is 447 g/mol. The zero-order chi connectivity index (χ0) is 21.3. The molecule has 0 amide bonds. The number of rotatable bonds is 5. The number of hydrogen-bond acceptors (Lipinski definition) is 4. The van der Waals surface area contributed by atoms with Gasteiger partial charge in [-0.05, 0) is 24.3 Å². The second kappa shape index (κ2) is 8.76. The second-order valence-corrected chi connectivity index (χ2v) is 8.13. The minimum absolute atomic E-state index is 0.190. The summed E-state index contributed by atoms with van der Waals surface area (Å²) in [4.78, 5) is 17.4. The van der Waals surface area contributed by atoms with Crippen molar-refractivity contribution in [2.75, 3.05) is 38.2 Å². The maximum absolute atomic E-state index is 12.7. The van der Waals surface area contributed by atoms with Crippen LogP contribution in [0.3, 0.4) is 0 Å². The second-order valence-electron chi connectivity index (χ2n) is 7.32. The van der Waals surface area contributed by atoms with Crippen molar-refractivity contribution in [1.82, 2.24) is 14.3 Å². The van der Waals surface area contributed by atoms with E-state index >= 15 is 0 Å².